The molecule has 1 aromatic carbocycles. The number of rotatable bonds is 5. The summed E-state index contributed by atoms with van der Waals surface area (Å²) in [5.74, 6) is 0.504. The second kappa shape index (κ2) is 7.55. The van der Waals surface area contributed by atoms with Crippen molar-refractivity contribution in [1.29, 1.82) is 0 Å². The van der Waals surface area contributed by atoms with Gasteiger partial charge in [0.1, 0.15) is 11.0 Å². The van der Waals surface area contributed by atoms with Crippen LogP contribution in [0.3, 0.4) is 0 Å². The molecule has 0 spiro atoms. The minimum absolute atomic E-state index is 0.160. The lowest BCUT2D eigenvalue weighted by atomic mass is 10.2. The van der Waals surface area contributed by atoms with Gasteiger partial charge in [-0.3, -0.25) is 14.5 Å². The normalized spacial score (nSPS) is 12.0. The molecule has 1 unspecified atom stereocenters. The number of carbonyl (C=O) groups is 1. The Balaban J connectivity index is 1.54. The number of thiazole rings is 1. The molecule has 136 valence electrons. The first-order valence-electron chi connectivity index (χ1n) is 8.15. The third-order valence-corrected chi connectivity index (χ3v) is 6.02. The summed E-state index contributed by atoms with van der Waals surface area (Å²) >= 11 is 8.46. The standard InChI is InChI=1S/C18H15N5OS3/c1-11(23-15(21-22-18(23)25)14-3-2-9-26-14)16(24)20-13-6-4-12(5-7-13)17-19-8-10-27-17/h2-11H,1H3,(H,20,24)(H,22,25). The third-order valence-electron chi connectivity index (χ3n) is 4.04. The van der Waals surface area contributed by atoms with Gasteiger partial charge in [-0.1, -0.05) is 6.07 Å². The van der Waals surface area contributed by atoms with Crippen LogP contribution >= 0.6 is 34.9 Å². The van der Waals surface area contributed by atoms with Crippen molar-refractivity contribution < 1.29 is 4.79 Å². The number of aromatic amines is 1. The van der Waals surface area contributed by atoms with Gasteiger partial charge >= 0.3 is 0 Å². The lowest BCUT2D eigenvalue weighted by Crippen LogP contribution is -2.24. The zero-order chi connectivity index (χ0) is 18.8. The fourth-order valence-electron chi connectivity index (χ4n) is 2.67. The van der Waals surface area contributed by atoms with Crippen molar-refractivity contribution in [3.63, 3.8) is 0 Å². The van der Waals surface area contributed by atoms with E-state index < -0.39 is 6.04 Å². The monoisotopic (exact) mass is 413 g/mol. The lowest BCUT2D eigenvalue weighted by molar-refractivity contribution is -0.118. The molecule has 0 aliphatic heterocycles. The summed E-state index contributed by atoms with van der Waals surface area (Å²) in [5.41, 5.74) is 1.74. The Morgan fingerprint density at radius 2 is 2.04 bits per heavy atom. The molecular weight excluding hydrogens is 398 g/mol. The minimum Gasteiger partial charge on any atom is -0.324 e. The van der Waals surface area contributed by atoms with Crippen LogP contribution in [0.2, 0.25) is 0 Å². The van der Waals surface area contributed by atoms with Gasteiger partial charge in [-0.2, -0.15) is 5.10 Å². The lowest BCUT2D eigenvalue weighted by Gasteiger charge is -2.15. The molecule has 6 nitrogen and oxygen atoms in total. The molecule has 3 heterocycles. The molecule has 0 bridgehead atoms. The quantitative estimate of drug-likeness (QED) is 0.452. The summed E-state index contributed by atoms with van der Waals surface area (Å²) < 4.78 is 2.15. The number of hydrogen-bond donors (Lipinski definition) is 2. The highest BCUT2D eigenvalue weighted by Crippen LogP contribution is 2.27. The Morgan fingerprint density at radius 1 is 1.22 bits per heavy atom. The molecule has 0 aliphatic rings. The number of H-pyrrole nitrogens is 1. The van der Waals surface area contributed by atoms with Crippen molar-refractivity contribution in [2.24, 2.45) is 0 Å². The third kappa shape index (κ3) is 3.61. The van der Waals surface area contributed by atoms with Gasteiger partial charge in [0.2, 0.25) is 5.91 Å². The molecule has 0 saturated carbocycles. The predicted octanol–water partition coefficient (Wildman–Crippen LogP) is 4.99. The van der Waals surface area contributed by atoms with E-state index in [-0.39, 0.29) is 5.91 Å². The molecule has 4 rings (SSSR count). The predicted molar refractivity (Wildman–Crippen MR) is 112 cm³/mol. The summed E-state index contributed by atoms with van der Waals surface area (Å²) in [7, 11) is 0. The first-order valence-corrected chi connectivity index (χ1v) is 10.3. The average Bonchev–Trinajstić information content (AvgIpc) is 3.43. The number of nitrogens with zero attached hydrogens (tertiary/aromatic N) is 3. The highest BCUT2D eigenvalue weighted by Gasteiger charge is 2.21. The van der Waals surface area contributed by atoms with Crippen molar-refractivity contribution in [3.8, 4) is 21.3 Å². The summed E-state index contributed by atoms with van der Waals surface area (Å²) in [6, 6.07) is 11.0. The van der Waals surface area contributed by atoms with Crippen molar-refractivity contribution in [2.45, 2.75) is 13.0 Å². The minimum atomic E-state index is -0.507. The summed E-state index contributed by atoms with van der Waals surface area (Å²) in [6.45, 7) is 1.81. The van der Waals surface area contributed by atoms with Crippen LogP contribution < -0.4 is 5.32 Å². The first-order chi connectivity index (χ1) is 13.1. The van der Waals surface area contributed by atoms with Crippen LogP contribution in [0.5, 0.6) is 0 Å². The van der Waals surface area contributed by atoms with Crippen molar-refractivity contribution in [3.05, 3.63) is 58.1 Å². The molecule has 0 radical (unpaired) electrons. The van der Waals surface area contributed by atoms with Crippen LogP contribution in [0.4, 0.5) is 5.69 Å². The van der Waals surface area contributed by atoms with Gasteiger partial charge in [-0.05, 0) is 54.9 Å². The number of carbonyl (C=O) groups excluding carboxylic acids is 1. The molecule has 4 aromatic rings. The van der Waals surface area contributed by atoms with E-state index in [1.165, 1.54) is 0 Å². The molecule has 2 N–H and O–H groups in total. The molecule has 1 atom stereocenters. The summed E-state index contributed by atoms with van der Waals surface area (Å²) in [4.78, 5) is 18.0. The molecule has 0 saturated heterocycles. The maximum Gasteiger partial charge on any atom is 0.247 e. The Kier molecular flexibility index (Phi) is 4.97. The van der Waals surface area contributed by atoms with E-state index in [9.17, 15) is 4.79 Å². The first kappa shape index (κ1) is 17.8. The van der Waals surface area contributed by atoms with Crippen LogP contribution in [0, 0.1) is 4.77 Å². The van der Waals surface area contributed by atoms with E-state index in [4.69, 9.17) is 12.2 Å². The average molecular weight is 414 g/mol. The Morgan fingerprint density at radius 3 is 2.70 bits per heavy atom. The highest BCUT2D eigenvalue weighted by molar-refractivity contribution is 7.71. The number of benzene rings is 1. The maximum atomic E-state index is 12.8. The zero-order valence-electron chi connectivity index (χ0n) is 14.2. The van der Waals surface area contributed by atoms with Crippen molar-refractivity contribution in [2.75, 3.05) is 5.32 Å². The van der Waals surface area contributed by atoms with Crippen LogP contribution in [0.15, 0.2) is 53.4 Å². The molecule has 3 aromatic heterocycles. The number of aromatic nitrogens is 4. The van der Waals surface area contributed by atoms with Gasteiger partial charge in [-0.15, -0.1) is 22.7 Å². The van der Waals surface area contributed by atoms with E-state index in [0.717, 1.165) is 21.1 Å². The molecule has 1 amide bonds. The van der Waals surface area contributed by atoms with E-state index in [1.807, 2.05) is 54.1 Å². The maximum absolute atomic E-state index is 12.8. The van der Waals surface area contributed by atoms with E-state index >= 15 is 0 Å². The van der Waals surface area contributed by atoms with Gasteiger partial charge in [0, 0.05) is 22.8 Å². The van der Waals surface area contributed by atoms with E-state index in [1.54, 1.807) is 33.4 Å². The molecule has 9 heteroatoms. The number of thiophene rings is 1. The molecule has 0 aliphatic carbocycles. The van der Waals surface area contributed by atoms with Crippen LogP contribution in [-0.4, -0.2) is 25.7 Å². The largest absolute Gasteiger partial charge is 0.324 e. The summed E-state index contributed by atoms with van der Waals surface area (Å²) in [5, 5.41) is 14.9. The molecule has 0 fully saturated rings. The number of anilines is 1. The topological polar surface area (TPSA) is 75.6 Å². The second-order valence-electron chi connectivity index (χ2n) is 5.78. The smallest absolute Gasteiger partial charge is 0.247 e. The molecule has 27 heavy (non-hydrogen) atoms. The van der Waals surface area contributed by atoms with Crippen LogP contribution in [0.1, 0.15) is 13.0 Å². The van der Waals surface area contributed by atoms with Gasteiger partial charge in [-0.25, -0.2) is 4.98 Å². The van der Waals surface area contributed by atoms with Gasteiger partial charge in [0.25, 0.3) is 0 Å². The highest BCUT2D eigenvalue weighted by atomic mass is 32.1. The fourth-order valence-corrected chi connectivity index (χ4v) is 4.31. The zero-order valence-corrected chi connectivity index (χ0v) is 16.7. The van der Waals surface area contributed by atoms with Gasteiger partial charge in [0.15, 0.2) is 10.6 Å². The SMILES string of the molecule is CC(C(=O)Nc1ccc(-c2nccs2)cc1)n1c(-c2cccs2)n[nH]c1=S. The summed E-state index contributed by atoms with van der Waals surface area (Å²) in [6.07, 6.45) is 1.77. The van der Waals surface area contributed by atoms with E-state index in [0.29, 0.717) is 10.6 Å². The number of amides is 1. The van der Waals surface area contributed by atoms with Crippen molar-refractivity contribution in [1.82, 2.24) is 19.7 Å². The second-order valence-corrected chi connectivity index (χ2v) is 8.01. The Labute approximate surface area is 168 Å². The molecular formula is C18H15N5OS3. The number of hydrogen-bond acceptors (Lipinski definition) is 6. The van der Waals surface area contributed by atoms with Crippen LogP contribution in [0.25, 0.3) is 21.3 Å². The van der Waals surface area contributed by atoms with Gasteiger partial charge in [0.05, 0.1) is 4.88 Å². The fraction of sp³-hybridized carbons (Fsp3) is 0.111. The van der Waals surface area contributed by atoms with Crippen LogP contribution in [-0.2, 0) is 4.79 Å². The Bertz CT molecular complexity index is 1100. The van der Waals surface area contributed by atoms with Crippen molar-refractivity contribution >= 4 is 46.5 Å². The van der Waals surface area contributed by atoms with E-state index in [2.05, 4.69) is 20.5 Å². The number of nitrogens with one attached hydrogen (secondary N) is 2. The Hall–Kier alpha value is -2.62. The van der Waals surface area contributed by atoms with Gasteiger partial charge < -0.3 is 5.32 Å².